The Labute approximate surface area is 132 Å². The van der Waals surface area contributed by atoms with Gasteiger partial charge in [-0.3, -0.25) is 0 Å². The lowest BCUT2D eigenvalue weighted by Gasteiger charge is -2.25. The van der Waals surface area contributed by atoms with Gasteiger partial charge in [-0.1, -0.05) is 13.3 Å². The van der Waals surface area contributed by atoms with E-state index < -0.39 is 10.0 Å². The Morgan fingerprint density at radius 1 is 1.32 bits per heavy atom. The van der Waals surface area contributed by atoms with Gasteiger partial charge in [0.2, 0.25) is 10.0 Å². The highest BCUT2D eigenvalue weighted by atomic mass is 32.2. The van der Waals surface area contributed by atoms with Gasteiger partial charge in [0, 0.05) is 19.0 Å². The Morgan fingerprint density at radius 3 is 2.73 bits per heavy atom. The molecule has 0 aromatic carbocycles. The SMILES string of the molecule is CC1CC1c1ccc(CNCCS(=O)(=O)NCC2CCC2)o1. The maximum Gasteiger partial charge on any atom is 0.212 e. The monoisotopic (exact) mass is 326 g/mol. The van der Waals surface area contributed by atoms with Crippen LogP contribution in [-0.2, 0) is 16.6 Å². The predicted molar refractivity (Wildman–Crippen MR) is 86.1 cm³/mol. The molecule has 2 fully saturated rings. The molecule has 0 saturated heterocycles. The molecule has 0 bridgehead atoms. The van der Waals surface area contributed by atoms with Gasteiger partial charge >= 0.3 is 0 Å². The Bertz CT molecular complexity index is 592. The van der Waals surface area contributed by atoms with Crippen LogP contribution in [0.5, 0.6) is 0 Å². The first-order valence-corrected chi connectivity index (χ1v) is 9.95. The fourth-order valence-corrected chi connectivity index (χ4v) is 3.89. The molecule has 5 nitrogen and oxygen atoms in total. The van der Waals surface area contributed by atoms with Crippen molar-refractivity contribution in [2.75, 3.05) is 18.8 Å². The Balaban J connectivity index is 1.33. The fraction of sp³-hybridized carbons (Fsp3) is 0.750. The molecule has 2 atom stereocenters. The second-order valence-electron chi connectivity index (χ2n) is 6.76. The highest BCUT2D eigenvalue weighted by Crippen LogP contribution is 2.47. The van der Waals surface area contributed by atoms with Crippen molar-refractivity contribution in [3.05, 3.63) is 23.7 Å². The molecule has 0 aliphatic heterocycles. The van der Waals surface area contributed by atoms with Crippen LogP contribution in [0.3, 0.4) is 0 Å². The number of hydrogen-bond donors (Lipinski definition) is 2. The average molecular weight is 326 g/mol. The summed E-state index contributed by atoms with van der Waals surface area (Å²) in [5.74, 6) is 3.94. The highest BCUT2D eigenvalue weighted by Gasteiger charge is 2.36. The lowest BCUT2D eigenvalue weighted by molar-refractivity contribution is 0.316. The van der Waals surface area contributed by atoms with E-state index in [1.54, 1.807) is 0 Å². The summed E-state index contributed by atoms with van der Waals surface area (Å²) < 4.78 is 32.2. The van der Waals surface area contributed by atoms with Crippen molar-refractivity contribution < 1.29 is 12.8 Å². The zero-order valence-electron chi connectivity index (χ0n) is 13.2. The van der Waals surface area contributed by atoms with Crippen molar-refractivity contribution in [2.45, 2.75) is 45.1 Å². The van der Waals surface area contributed by atoms with Crippen molar-refractivity contribution in [1.82, 2.24) is 10.0 Å². The van der Waals surface area contributed by atoms with Crippen LogP contribution in [0.15, 0.2) is 16.5 Å². The molecule has 2 aliphatic rings. The van der Waals surface area contributed by atoms with E-state index in [1.165, 1.54) is 12.8 Å². The molecule has 0 amide bonds. The summed E-state index contributed by atoms with van der Waals surface area (Å²) >= 11 is 0. The van der Waals surface area contributed by atoms with E-state index in [2.05, 4.69) is 17.0 Å². The zero-order chi connectivity index (χ0) is 15.6. The Kier molecular flexibility index (Phi) is 4.90. The molecule has 1 aromatic heterocycles. The first kappa shape index (κ1) is 16.0. The number of sulfonamides is 1. The van der Waals surface area contributed by atoms with Crippen molar-refractivity contribution in [3.63, 3.8) is 0 Å². The smallest absolute Gasteiger partial charge is 0.212 e. The predicted octanol–water partition coefficient (Wildman–Crippen LogP) is 2.21. The lowest BCUT2D eigenvalue weighted by atomic mass is 9.86. The first-order chi connectivity index (χ1) is 10.5. The van der Waals surface area contributed by atoms with Gasteiger partial charge in [-0.25, -0.2) is 13.1 Å². The Morgan fingerprint density at radius 2 is 2.09 bits per heavy atom. The summed E-state index contributed by atoms with van der Waals surface area (Å²) in [6, 6.07) is 4.03. The summed E-state index contributed by atoms with van der Waals surface area (Å²) in [7, 11) is -3.16. The van der Waals surface area contributed by atoms with Gasteiger partial charge < -0.3 is 9.73 Å². The van der Waals surface area contributed by atoms with Crippen LogP contribution in [0.2, 0.25) is 0 Å². The summed E-state index contributed by atoms with van der Waals surface area (Å²) in [5.41, 5.74) is 0. The molecule has 1 heterocycles. The second-order valence-corrected chi connectivity index (χ2v) is 8.69. The van der Waals surface area contributed by atoms with Crippen LogP contribution in [0.1, 0.15) is 50.0 Å². The average Bonchev–Trinajstić information content (AvgIpc) is 2.97. The third-order valence-corrected chi connectivity index (χ3v) is 6.17. The maximum absolute atomic E-state index is 11.8. The molecule has 1 aromatic rings. The molecule has 124 valence electrons. The molecule has 0 radical (unpaired) electrons. The third kappa shape index (κ3) is 4.33. The minimum atomic E-state index is -3.16. The maximum atomic E-state index is 11.8. The number of rotatable bonds is 9. The lowest BCUT2D eigenvalue weighted by Crippen LogP contribution is -2.36. The van der Waals surface area contributed by atoms with Crippen molar-refractivity contribution in [3.8, 4) is 0 Å². The first-order valence-electron chi connectivity index (χ1n) is 8.30. The molecule has 22 heavy (non-hydrogen) atoms. The van der Waals surface area contributed by atoms with E-state index in [0.717, 1.165) is 30.3 Å². The normalized spacial score (nSPS) is 25.1. The molecular weight excluding hydrogens is 300 g/mol. The zero-order valence-corrected chi connectivity index (χ0v) is 14.0. The van der Waals surface area contributed by atoms with E-state index in [-0.39, 0.29) is 5.75 Å². The second kappa shape index (κ2) is 6.72. The summed E-state index contributed by atoms with van der Waals surface area (Å²) in [6.45, 7) is 3.85. The van der Waals surface area contributed by atoms with Crippen molar-refractivity contribution in [1.29, 1.82) is 0 Å². The van der Waals surface area contributed by atoms with Crippen LogP contribution in [0, 0.1) is 11.8 Å². The fourth-order valence-electron chi connectivity index (χ4n) is 2.84. The van der Waals surface area contributed by atoms with Crippen LogP contribution in [0.4, 0.5) is 0 Å². The number of furan rings is 1. The molecule has 2 N–H and O–H groups in total. The molecule has 3 rings (SSSR count). The van der Waals surface area contributed by atoms with Crippen LogP contribution in [0.25, 0.3) is 0 Å². The van der Waals surface area contributed by atoms with Crippen LogP contribution < -0.4 is 10.0 Å². The third-order valence-electron chi connectivity index (χ3n) is 4.82. The van der Waals surface area contributed by atoms with Gasteiger partial charge in [0.1, 0.15) is 11.5 Å². The van der Waals surface area contributed by atoms with Crippen molar-refractivity contribution in [2.24, 2.45) is 11.8 Å². The van der Waals surface area contributed by atoms with E-state index in [1.807, 2.05) is 12.1 Å². The van der Waals surface area contributed by atoms with Gasteiger partial charge in [0.15, 0.2) is 0 Å². The topological polar surface area (TPSA) is 71.3 Å². The number of nitrogens with one attached hydrogen (secondary N) is 2. The largest absolute Gasteiger partial charge is 0.464 e. The Hall–Kier alpha value is -0.850. The van der Waals surface area contributed by atoms with Gasteiger partial charge in [0.05, 0.1) is 12.3 Å². The van der Waals surface area contributed by atoms with E-state index >= 15 is 0 Å². The minimum Gasteiger partial charge on any atom is -0.464 e. The molecule has 2 aliphatic carbocycles. The molecule has 6 heteroatoms. The van der Waals surface area contributed by atoms with Gasteiger partial charge in [0.25, 0.3) is 0 Å². The van der Waals surface area contributed by atoms with E-state index in [4.69, 9.17) is 4.42 Å². The van der Waals surface area contributed by atoms with Gasteiger partial charge in [-0.05, 0) is 43.2 Å². The number of hydrogen-bond acceptors (Lipinski definition) is 4. The quantitative estimate of drug-likeness (QED) is 0.683. The van der Waals surface area contributed by atoms with Gasteiger partial charge in [-0.15, -0.1) is 0 Å². The summed E-state index contributed by atoms with van der Waals surface area (Å²) in [6.07, 6.45) is 4.76. The summed E-state index contributed by atoms with van der Waals surface area (Å²) in [4.78, 5) is 0. The standard InChI is InChI=1S/C16H26N2O3S/c1-12-9-15(12)16-6-5-14(21-16)11-17-7-8-22(19,20)18-10-13-3-2-4-13/h5-6,12-13,15,17-18H,2-4,7-11H2,1H3. The van der Waals surface area contributed by atoms with Crippen molar-refractivity contribution >= 4 is 10.0 Å². The van der Waals surface area contributed by atoms with E-state index in [9.17, 15) is 8.42 Å². The van der Waals surface area contributed by atoms with Crippen LogP contribution in [-0.4, -0.2) is 27.3 Å². The molecule has 2 unspecified atom stereocenters. The summed E-state index contributed by atoms with van der Waals surface area (Å²) in [5, 5.41) is 3.14. The van der Waals surface area contributed by atoms with Gasteiger partial charge in [-0.2, -0.15) is 0 Å². The van der Waals surface area contributed by atoms with E-state index in [0.29, 0.717) is 31.5 Å². The molecule has 2 saturated carbocycles. The molecular formula is C16H26N2O3S. The minimum absolute atomic E-state index is 0.118. The highest BCUT2D eigenvalue weighted by molar-refractivity contribution is 7.89. The molecule has 0 spiro atoms. The van der Waals surface area contributed by atoms with Crippen LogP contribution >= 0.6 is 0 Å².